The third-order valence-corrected chi connectivity index (χ3v) is 4.12. The molecule has 1 fully saturated rings. The molecule has 2 atom stereocenters. The highest BCUT2D eigenvalue weighted by Gasteiger charge is 2.44. The van der Waals surface area contributed by atoms with E-state index in [4.69, 9.17) is 0 Å². The van der Waals surface area contributed by atoms with Crippen LogP contribution in [0.25, 0.3) is 0 Å². The van der Waals surface area contributed by atoms with Crippen molar-refractivity contribution in [1.29, 1.82) is 0 Å². The van der Waals surface area contributed by atoms with E-state index in [2.05, 4.69) is 5.32 Å². The van der Waals surface area contributed by atoms with Gasteiger partial charge in [-0.15, -0.1) is 0 Å². The normalized spacial score (nSPS) is 19.2. The van der Waals surface area contributed by atoms with Gasteiger partial charge in [-0.3, -0.25) is 14.9 Å². The van der Waals surface area contributed by atoms with Crippen LogP contribution in [0.4, 0.5) is 15.8 Å². The van der Waals surface area contributed by atoms with Crippen molar-refractivity contribution in [3.63, 3.8) is 0 Å². The summed E-state index contributed by atoms with van der Waals surface area (Å²) >= 11 is 0. The van der Waals surface area contributed by atoms with Crippen molar-refractivity contribution in [2.24, 2.45) is 5.92 Å². The smallest absolute Gasteiger partial charge is 0.271 e. The van der Waals surface area contributed by atoms with Gasteiger partial charge in [-0.2, -0.15) is 0 Å². The third-order valence-electron chi connectivity index (χ3n) is 4.12. The summed E-state index contributed by atoms with van der Waals surface area (Å²) in [6, 6.07) is 10.5. The number of hydrogen-bond donors (Lipinski definition) is 1. The molecule has 0 aromatic heterocycles. The minimum atomic E-state index is -0.493. The number of benzene rings is 2. The van der Waals surface area contributed by atoms with Gasteiger partial charge < -0.3 is 5.32 Å². The van der Waals surface area contributed by atoms with Gasteiger partial charge >= 0.3 is 0 Å². The van der Waals surface area contributed by atoms with Crippen molar-refractivity contribution in [2.45, 2.75) is 19.3 Å². The lowest BCUT2D eigenvalue weighted by Gasteiger charge is -2.08. The first kappa shape index (κ1) is 15.1. The molecule has 0 saturated heterocycles. The lowest BCUT2D eigenvalue weighted by molar-refractivity contribution is -0.384. The summed E-state index contributed by atoms with van der Waals surface area (Å²) in [6.45, 7) is 1.78. The molecule has 0 spiro atoms. The van der Waals surface area contributed by atoms with Crippen LogP contribution in [0.3, 0.4) is 0 Å². The van der Waals surface area contributed by atoms with Gasteiger partial charge in [0, 0.05) is 18.1 Å². The Kier molecular flexibility index (Phi) is 3.82. The van der Waals surface area contributed by atoms with Crippen molar-refractivity contribution in [3.05, 3.63) is 69.5 Å². The van der Waals surface area contributed by atoms with Crippen molar-refractivity contribution in [2.75, 3.05) is 5.32 Å². The largest absolute Gasteiger partial charge is 0.325 e. The molecule has 1 amide bonds. The van der Waals surface area contributed by atoms with Gasteiger partial charge in [0.2, 0.25) is 5.91 Å². The van der Waals surface area contributed by atoms with E-state index in [1.165, 1.54) is 24.3 Å². The van der Waals surface area contributed by atoms with Crippen LogP contribution in [-0.2, 0) is 4.79 Å². The first-order chi connectivity index (χ1) is 11.0. The van der Waals surface area contributed by atoms with E-state index in [0.717, 1.165) is 11.1 Å². The summed E-state index contributed by atoms with van der Waals surface area (Å²) in [7, 11) is 0. The monoisotopic (exact) mass is 314 g/mol. The predicted octanol–water partition coefficient (Wildman–Crippen LogP) is 3.78. The summed E-state index contributed by atoms with van der Waals surface area (Å²) < 4.78 is 12.9. The van der Waals surface area contributed by atoms with E-state index < -0.39 is 4.92 Å². The van der Waals surface area contributed by atoms with E-state index >= 15 is 0 Å². The highest BCUT2D eigenvalue weighted by atomic mass is 19.1. The molecule has 6 heteroatoms. The number of carbonyl (C=O) groups is 1. The highest BCUT2D eigenvalue weighted by molar-refractivity contribution is 5.96. The van der Waals surface area contributed by atoms with Crippen LogP contribution < -0.4 is 5.32 Å². The van der Waals surface area contributed by atoms with Crippen molar-refractivity contribution in [3.8, 4) is 0 Å². The van der Waals surface area contributed by atoms with E-state index in [0.29, 0.717) is 12.1 Å². The Bertz CT molecular complexity index is 774. The number of carbonyl (C=O) groups excluding carboxylic acids is 1. The van der Waals surface area contributed by atoms with Gasteiger partial charge in [0.05, 0.1) is 10.6 Å². The molecule has 0 bridgehead atoms. The number of hydrogen-bond acceptors (Lipinski definition) is 3. The van der Waals surface area contributed by atoms with Crippen LogP contribution in [0.2, 0.25) is 0 Å². The average Bonchev–Trinajstić information content (AvgIpc) is 3.30. The number of nitro groups is 1. The van der Waals surface area contributed by atoms with Crippen LogP contribution in [0.5, 0.6) is 0 Å². The number of aryl methyl sites for hydroxylation is 1. The lowest BCUT2D eigenvalue weighted by atomic mass is 10.1. The molecule has 5 nitrogen and oxygen atoms in total. The molecule has 0 heterocycles. The minimum Gasteiger partial charge on any atom is -0.325 e. The second-order valence-corrected chi connectivity index (χ2v) is 5.75. The number of halogens is 1. The molecule has 2 aromatic carbocycles. The van der Waals surface area contributed by atoms with E-state index in [1.54, 1.807) is 25.1 Å². The fraction of sp³-hybridized carbons (Fsp3) is 0.235. The van der Waals surface area contributed by atoms with Gasteiger partial charge in [0.1, 0.15) is 5.82 Å². The molecule has 0 aliphatic heterocycles. The molecule has 118 valence electrons. The van der Waals surface area contributed by atoms with Gasteiger partial charge in [0.25, 0.3) is 5.69 Å². The summed E-state index contributed by atoms with van der Waals surface area (Å²) in [6.07, 6.45) is 0.700. The SMILES string of the molecule is Cc1ccc([N+](=O)[O-])cc1NC(=O)C1CC1c1ccc(F)cc1. The maximum absolute atomic E-state index is 12.9. The zero-order chi connectivity index (χ0) is 16.6. The Hall–Kier alpha value is -2.76. The number of nitrogens with one attached hydrogen (secondary N) is 1. The molecule has 1 saturated carbocycles. The quantitative estimate of drug-likeness (QED) is 0.689. The van der Waals surface area contributed by atoms with Crippen LogP contribution in [-0.4, -0.2) is 10.8 Å². The molecular formula is C17H15FN2O3. The summed E-state index contributed by atoms with van der Waals surface area (Å²) in [5, 5.41) is 13.6. The molecule has 1 aliphatic rings. The Morgan fingerprint density at radius 2 is 1.96 bits per heavy atom. The van der Waals surface area contributed by atoms with Crippen LogP contribution in [0.15, 0.2) is 42.5 Å². The third kappa shape index (κ3) is 3.21. The summed E-state index contributed by atoms with van der Waals surface area (Å²) in [5.74, 6) is -0.570. The Morgan fingerprint density at radius 3 is 2.61 bits per heavy atom. The van der Waals surface area contributed by atoms with Gasteiger partial charge in [0.15, 0.2) is 0 Å². The van der Waals surface area contributed by atoms with E-state index in [9.17, 15) is 19.3 Å². The van der Waals surface area contributed by atoms with Crippen LogP contribution in [0.1, 0.15) is 23.5 Å². The fourth-order valence-corrected chi connectivity index (χ4v) is 2.65. The maximum Gasteiger partial charge on any atom is 0.271 e. The predicted molar refractivity (Wildman–Crippen MR) is 83.7 cm³/mol. The molecule has 2 unspecified atom stereocenters. The molecule has 2 aromatic rings. The molecule has 1 N–H and O–H groups in total. The standard InChI is InChI=1S/C17H15FN2O3/c1-10-2-7-13(20(22)23)8-16(10)19-17(21)15-9-14(15)11-3-5-12(18)6-4-11/h2-8,14-15H,9H2,1H3,(H,19,21). The topological polar surface area (TPSA) is 72.2 Å². The Balaban J connectivity index is 1.70. The zero-order valence-electron chi connectivity index (χ0n) is 12.5. The number of non-ortho nitro benzene ring substituents is 1. The van der Waals surface area contributed by atoms with Crippen molar-refractivity contribution < 1.29 is 14.1 Å². The van der Waals surface area contributed by atoms with Gasteiger partial charge in [-0.25, -0.2) is 4.39 Å². The number of amides is 1. The first-order valence-corrected chi connectivity index (χ1v) is 7.27. The first-order valence-electron chi connectivity index (χ1n) is 7.27. The number of nitrogens with zero attached hydrogens (tertiary/aromatic N) is 1. The second kappa shape index (κ2) is 5.79. The molecule has 1 aliphatic carbocycles. The zero-order valence-corrected chi connectivity index (χ0v) is 12.5. The van der Waals surface area contributed by atoms with E-state index in [1.807, 2.05) is 0 Å². The van der Waals surface area contributed by atoms with Gasteiger partial charge in [-0.1, -0.05) is 18.2 Å². The van der Waals surface area contributed by atoms with Gasteiger partial charge in [-0.05, 0) is 42.5 Å². The number of rotatable bonds is 4. The van der Waals surface area contributed by atoms with Crippen LogP contribution >= 0.6 is 0 Å². The summed E-state index contributed by atoms with van der Waals surface area (Å²) in [4.78, 5) is 22.6. The molecule has 0 radical (unpaired) electrons. The second-order valence-electron chi connectivity index (χ2n) is 5.75. The molecular weight excluding hydrogens is 299 g/mol. The Labute approximate surface area is 132 Å². The number of anilines is 1. The molecule has 3 rings (SSSR count). The molecule has 23 heavy (non-hydrogen) atoms. The maximum atomic E-state index is 12.9. The highest BCUT2D eigenvalue weighted by Crippen LogP contribution is 2.48. The van der Waals surface area contributed by atoms with E-state index in [-0.39, 0.29) is 29.2 Å². The minimum absolute atomic E-state index is 0.0585. The van der Waals surface area contributed by atoms with Crippen molar-refractivity contribution >= 4 is 17.3 Å². The number of nitro benzene ring substituents is 1. The van der Waals surface area contributed by atoms with Crippen molar-refractivity contribution in [1.82, 2.24) is 0 Å². The fourth-order valence-electron chi connectivity index (χ4n) is 2.65. The van der Waals surface area contributed by atoms with Crippen LogP contribution in [0, 0.1) is 28.8 Å². The average molecular weight is 314 g/mol. The Morgan fingerprint density at radius 1 is 1.26 bits per heavy atom. The lowest BCUT2D eigenvalue weighted by Crippen LogP contribution is -2.15. The summed E-state index contributed by atoms with van der Waals surface area (Å²) in [5.41, 5.74) is 2.09.